The van der Waals surface area contributed by atoms with Gasteiger partial charge in [0, 0.05) is 54.1 Å². The maximum Gasteiger partial charge on any atom is 0.340 e. The molecule has 2 heterocycles. The molecule has 0 aliphatic heterocycles. The van der Waals surface area contributed by atoms with Gasteiger partial charge in [-0.1, -0.05) is 12.1 Å². The number of phenolic OH excluding ortho intramolecular Hbond substituents is 1. The highest BCUT2D eigenvalue weighted by Gasteiger charge is 2.28. The number of rotatable bonds is 8. The van der Waals surface area contributed by atoms with Crippen LogP contribution in [0, 0.1) is 5.82 Å². The highest BCUT2D eigenvalue weighted by Crippen LogP contribution is 2.41. The van der Waals surface area contributed by atoms with Crippen LogP contribution in [0.2, 0.25) is 0 Å². The van der Waals surface area contributed by atoms with E-state index in [0.29, 0.717) is 40.1 Å². The number of aromatic nitrogens is 2. The monoisotopic (exact) mass is 513 g/mol. The van der Waals surface area contributed by atoms with Gasteiger partial charge in [-0.15, -0.1) is 12.4 Å². The van der Waals surface area contributed by atoms with Crippen molar-refractivity contribution in [2.45, 2.75) is 20.1 Å². The first kappa shape index (κ1) is 27.0. The van der Waals surface area contributed by atoms with E-state index in [4.69, 9.17) is 9.47 Å². The Hall–Kier alpha value is -3.62. The lowest BCUT2D eigenvalue weighted by Crippen LogP contribution is -2.13. The number of carbonyl (C=O) groups excluding carboxylic acids is 1. The standard InChI is InChI=1S/C27H28FN3O4.ClH/c1-5-34-27(33)25-23(16-35-19-10-6-9-18(28)12-19)31(4)22-13-20(17-8-7-11-29-14-17)26(32)21(24(22)25)15-30(2)3;/h6-14,32H,5,15-16H2,1-4H3;1H. The minimum atomic E-state index is -0.510. The molecule has 0 bridgehead atoms. The molecular weight excluding hydrogens is 485 g/mol. The predicted molar refractivity (Wildman–Crippen MR) is 139 cm³/mol. The van der Waals surface area contributed by atoms with Crippen LogP contribution in [-0.2, 0) is 24.9 Å². The maximum atomic E-state index is 13.7. The van der Waals surface area contributed by atoms with Crippen LogP contribution in [0.4, 0.5) is 4.39 Å². The molecule has 0 atom stereocenters. The Kier molecular flexibility index (Phi) is 8.55. The number of aryl methyl sites for hydroxylation is 1. The molecule has 0 aliphatic rings. The number of phenols is 1. The third kappa shape index (κ3) is 5.29. The Bertz CT molecular complexity index is 1370. The molecule has 1 N–H and O–H groups in total. The zero-order valence-electron chi connectivity index (χ0n) is 20.6. The minimum absolute atomic E-state index is 0. The molecule has 0 spiro atoms. The average Bonchev–Trinajstić information content (AvgIpc) is 3.11. The molecule has 190 valence electrons. The van der Waals surface area contributed by atoms with Crippen LogP contribution in [0.25, 0.3) is 22.0 Å². The van der Waals surface area contributed by atoms with Gasteiger partial charge in [0.15, 0.2) is 0 Å². The van der Waals surface area contributed by atoms with Crippen LogP contribution in [0.1, 0.15) is 28.5 Å². The zero-order chi connectivity index (χ0) is 25.1. The van der Waals surface area contributed by atoms with E-state index in [1.807, 2.05) is 42.7 Å². The topological polar surface area (TPSA) is 76.8 Å². The Morgan fingerprint density at radius 1 is 1.19 bits per heavy atom. The molecule has 0 aliphatic carbocycles. The number of ether oxygens (including phenoxy) is 2. The largest absolute Gasteiger partial charge is 0.507 e. The van der Waals surface area contributed by atoms with E-state index >= 15 is 0 Å². The summed E-state index contributed by atoms with van der Waals surface area (Å²) in [6.07, 6.45) is 3.35. The Morgan fingerprint density at radius 2 is 1.97 bits per heavy atom. The van der Waals surface area contributed by atoms with Crippen molar-refractivity contribution in [2.75, 3.05) is 20.7 Å². The van der Waals surface area contributed by atoms with Gasteiger partial charge in [0.1, 0.15) is 23.9 Å². The van der Waals surface area contributed by atoms with Crippen molar-refractivity contribution in [2.24, 2.45) is 7.05 Å². The Labute approximate surface area is 215 Å². The summed E-state index contributed by atoms with van der Waals surface area (Å²) in [4.78, 5) is 19.3. The van der Waals surface area contributed by atoms with Crippen LogP contribution in [-0.4, -0.2) is 46.2 Å². The van der Waals surface area contributed by atoms with E-state index in [1.165, 1.54) is 12.1 Å². The smallest absolute Gasteiger partial charge is 0.340 e. The molecule has 36 heavy (non-hydrogen) atoms. The normalized spacial score (nSPS) is 10.9. The summed E-state index contributed by atoms with van der Waals surface area (Å²) in [7, 11) is 5.62. The fourth-order valence-corrected chi connectivity index (χ4v) is 4.23. The van der Waals surface area contributed by atoms with Crippen molar-refractivity contribution in [3.05, 3.63) is 77.5 Å². The van der Waals surface area contributed by atoms with Crippen LogP contribution < -0.4 is 4.74 Å². The lowest BCUT2D eigenvalue weighted by molar-refractivity contribution is 0.0525. The minimum Gasteiger partial charge on any atom is -0.507 e. The molecule has 2 aromatic carbocycles. The van der Waals surface area contributed by atoms with E-state index < -0.39 is 11.8 Å². The van der Waals surface area contributed by atoms with E-state index in [1.54, 1.807) is 37.5 Å². The summed E-state index contributed by atoms with van der Waals surface area (Å²) in [5, 5.41) is 12.0. The maximum absolute atomic E-state index is 13.7. The van der Waals surface area contributed by atoms with Crippen molar-refractivity contribution in [1.82, 2.24) is 14.5 Å². The molecule has 0 saturated carbocycles. The molecule has 7 nitrogen and oxygen atoms in total. The molecule has 0 saturated heterocycles. The molecule has 0 amide bonds. The Balaban J connectivity index is 0.00000361. The van der Waals surface area contributed by atoms with Gasteiger partial charge in [-0.25, -0.2) is 9.18 Å². The second kappa shape index (κ2) is 11.4. The summed E-state index contributed by atoms with van der Waals surface area (Å²) >= 11 is 0. The number of pyridine rings is 1. The lowest BCUT2D eigenvalue weighted by atomic mass is 9.96. The Morgan fingerprint density at radius 3 is 2.61 bits per heavy atom. The van der Waals surface area contributed by atoms with Crippen molar-refractivity contribution in [3.8, 4) is 22.6 Å². The van der Waals surface area contributed by atoms with Crippen molar-refractivity contribution < 1.29 is 23.8 Å². The third-order valence-corrected chi connectivity index (χ3v) is 5.78. The number of aromatic hydroxyl groups is 1. The van der Waals surface area contributed by atoms with Gasteiger partial charge < -0.3 is 24.0 Å². The number of esters is 1. The van der Waals surface area contributed by atoms with Crippen LogP contribution in [0.3, 0.4) is 0 Å². The van der Waals surface area contributed by atoms with Crippen LogP contribution in [0.15, 0.2) is 54.9 Å². The van der Waals surface area contributed by atoms with E-state index in [9.17, 15) is 14.3 Å². The van der Waals surface area contributed by atoms with E-state index in [2.05, 4.69) is 4.98 Å². The van der Waals surface area contributed by atoms with Gasteiger partial charge in [0.05, 0.1) is 23.4 Å². The second-order valence-electron chi connectivity index (χ2n) is 8.47. The van der Waals surface area contributed by atoms with Gasteiger partial charge in [0.25, 0.3) is 0 Å². The van der Waals surface area contributed by atoms with Crippen molar-refractivity contribution in [3.63, 3.8) is 0 Å². The summed E-state index contributed by atoms with van der Waals surface area (Å²) in [5.74, 6) is -0.501. The zero-order valence-corrected chi connectivity index (χ0v) is 21.4. The highest BCUT2D eigenvalue weighted by atomic mass is 35.5. The van der Waals surface area contributed by atoms with Gasteiger partial charge >= 0.3 is 5.97 Å². The fraction of sp³-hybridized carbons (Fsp3) is 0.259. The molecule has 0 radical (unpaired) electrons. The number of nitrogens with zero attached hydrogens (tertiary/aromatic N) is 3. The SMILES string of the molecule is CCOC(=O)c1c(COc2cccc(F)c2)n(C)c2cc(-c3cccnc3)c(O)c(CN(C)C)c12.Cl. The van der Waals surface area contributed by atoms with Gasteiger partial charge in [-0.05, 0) is 45.3 Å². The molecule has 0 fully saturated rings. The predicted octanol–water partition coefficient (Wildman–Crippen LogP) is 5.32. The summed E-state index contributed by atoms with van der Waals surface area (Å²) in [6.45, 7) is 2.33. The number of benzene rings is 2. The fourth-order valence-electron chi connectivity index (χ4n) is 4.23. The van der Waals surface area contributed by atoms with E-state index in [0.717, 1.165) is 11.1 Å². The molecule has 2 aromatic heterocycles. The number of hydrogen-bond acceptors (Lipinski definition) is 6. The summed E-state index contributed by atoms with van der Waals surface area (Å²) in [5.41, 5.74) is 3.58. The van der Waals surface area contributed by atoms with E-state index in [-0.39, 0.29) is 31.4 Å². The quantitative estimate of drug-likeness (QED) is 0.321. The summed E-state index contributed by atoms with van der Waals surface area (Å²) in [6, 6.07) is 11.4. The molecular formula is C27H29ClFN3O4. The highest BCUT2D eigenvalue weighted by molar-refractivity contribution is 6.09. The molecule has 9 heteroatoms. The van der Waals surface area contributed by atoms with Crippen LogP contribution in [0.5, 0.6) is 11.5 Å². The first-order chi connectivity index (χ1) is 16.8. The lowest BCUT2D eigenvalue weighted by Gasteiger charge is -2.17. The van der Waals surface area contributed by atoms with Crippen molar-refractivity contribution in [1.29, 1.82) is 0 Å². The third-order valence-electron chi connectivity index (χ3n) is 5.78. The number of fused-ring (bicyclic) bond motifs is 1. The molecule has 4 rings (SSSR count). The van der Waals surface area contributed by atoms with Crippen LogP contribution >= 0.6 is 12.4 Å². The number of carbonyl (C=O) groups is 1. The first-order valence-corrected chi connectivity index (χ1v) is 11.3. The van der Waals surface area contributed by atoms with Gasteiger partial charge in [-0.3, -0.25) is 4.98 Å². The van der Waals surface area contributed by atoms with Gasteiger partial charge in [-0.2, -0.15) is 0 Å². The molecule has 4 aromatic rings. The second-order valence-corrected chi connectivity index (χ2v) is 8.47. The van der Waals surface area contributed by atoms with Gasteiger partial charge in [0.2, 0.25) is 0 Å². The summed E-state index contributed by atoms with van der Waals surface area (Å²) < 4.78 is 26.8. The number of hydrogen-bond donors (Lipinski definition) is 1. The average molecular weight is 514 g/mol. The number of halogens is 2. The molecule has 0 unspecified atom stereocenters. The first-order valence-electron chi connectivity index (χ1n) is 11.3. The van der Waals surface area contributed by atoms with Crippen molar-refractivity contribution >= 4 is 29.3 Å².